The Labute approximate surface area is 130 Å². The predicted octanol–water partition coefficient (Wildman–Crippen LogP) is 4.10. The molecule has 0 radical (unpaired) electrons. The summed E-state index contributed by atoms with van der Waals surface area (Å²) in [4.78, 5) is 2.26. The maximum absolute atomic E-state index is 2.35. The standard InChI is InChI=1S/C20H14BN/c1-2-6-18-15(5-1)7-8-16-14-20-17(13-19(16)18)9-12-22-11-4-3-10-21(20)22/h1-14H. The number of rotatable bonds is 0. The summed E-state index contributed by atoms with van der Waals surface area (Å²) in [6, 6.07) is 17.8. The normalized spacial score (nSPS) is 15.5. The first-order chi connectivity index (χ1) is 10.9. The van der Waals surface area contributed by atoms with Gasteiger partial charge in [0.25, 0.3) is 0 Å². The fourth-order valence-corrected chi connectivity index (χ4v) is 3.57. The van der Waals surface area contributed by atoms with Crippen molar-refractivity contribution in [1.29, 1.82) is 0 Å². The highest BCUT2D eigenvalue weighted by molar-refractivity contribution is 6.77. The van der Waals surface area contributed by atoms with Crippen LogP contribution in [0.1, 0.15) is 5.56 Å². The zero-order chi connectivity index (χ0) is 14.5. The van der Waals surface area contributed by atoms with Gasteiger partial charge in [0, 0.05) is 0 Å². The zero-order valence-electron chi connectivity index (χ0n) is 12.1. The van der Waals surface area contributed by atoms with Crippen molar-refractivity contribution in [3.8, 4) is 0 Å². The van der Waals surface area contributed by atoms with Crippen LogP contribution in [0.15, 0.2) is 79.1 Å². The van der Waals surface area contributed by atoms with Crippen LogP contribution in [0.2, 0.25) is 0 Å². The molecule has 0 saturated heterocycles. The van der Waals surface area contributed by atoms with Gasteiger partial charge in [-0.1, -0.05) is 54.5 Å². The first kappa shape index (κ1) is 11.9. The van der Waals surface area contributed by atoms with Gasteiger partial charge in [-0.15, -0.1) is 0 Å². The van der Waals surface area contributed by atoms with Crippen molar-refractivity contribution in [1.82, 2.24) is 4.81 Å². The molecule has 3 aromatic rings. The van der Waals surface area contributed by atoms with Crippen LogP contribution in [0.5, 0.6) is 0 Å². The Kier molecular flexibility index (Phi) is 2.36. The van der Waals surface area contributed by atoms with E-state index in [1.54, 1.807) is 0 Å². The Hall–Kier alpha value is -2.74. The SMILES string of the molecule is C1=CB2c3cc4ccc5ccccc5c4cc3C=CN2C=C1. The van der Waals surface area contributed by atoms with E-state index in [0.717, 1.165) is 0 Å². The third-order valence-electron chi connectivity index (χ3n) is 4.68. The molecule has 0 unspecified atom stereocenters. The first-order valence-electron chi connectivity index (χ1n) is 7.66. The maximum Gasteiger partial charge on any atom is 0.320 e. The maximum atomic E-state index is 2.35. The first-order valence-corrected chi connectivity index (χ1v) is 7.66. The van der Waals surface area contributed by atoms with Gasteiger partial charge < -0.3 is 4.81 Å². The monoisotopic (exact) mass is 279 g/mol. The highest BCUT2D eigenvalue weighted by atomic mass is 15.0. The van der Waals surface area contributed by atoms with Gasteiger partial charge in [-0.3, -0.25) is 0 Å². The summed E-state index contributed by atoms with van der Waals surface area (Å²) >= 11 is 0. The summed E-state index contributed by atoms with van der Waals surface area (Å²) in [6.45, 7) is 0.320. The predicted molar refractivity (Wildman–Crippen MR) is 96.0 cm³/mol. The summed E-state index contributed by atoms with van der Waals surface area (Å²) in [5.41, 5.74) is 2.70. The van der Waals surface area contributed by atoms with Crippen LogP contribution in [0, 0.1) is 0 Å². The molecule has 22 heavy (non-hydrogen) atoms. The van der Waals surface area contributed by atoms with Crippen molar-refractivity contribution in [2.24, 2.45) is 0 Å². The van der Waals surface area contributed by atoms with Gasteiger partial charge in [-0.25, -0.2) is 0 Å². The summed E-state index contributed by atoms with van der Waals surface area (Å²) in [5, 5.41) is 5.29. The largest absolute Gasteiger partial charge is 0.389 e. The molecule has 0 aliphatic carbocycles. The number of nitrogens with zero attached hydrogens (tertiary/aromatic N) is 1. The van der Waals surface area contributed by atoms with Crippen LogP contribution in [-0.2, 0) is 0 Å². The van der Waals surface area contributed by atoms with E-state index in [1.807, 2.05) is 0 Å². The van der Waals surface area contributed by atoms with Gasteiger partial charge >= 0.3 is 6.85 Å². The minimum Gasteiger partial charge on any atom is -0.389 e. The van der Waals surface area contributed by atoms with Gasteiger partial charge in [-0.2, -0.15) is 0 Å². The quantitative estimate of drug-likeness (QED) is 0.442. The second kappa shape index (κ2) is 4.38. The van der Waals surface area contributed by atoms with Crippen molar-refractivity contribution >= 4 is 39.9 Å². The van der Waals surface area contributed by atoms with E-state index in [0.29, 0.717) is 6.85 Å². The molecule has 0 atom stereocenters. The van der Waals surface area contributed by atoms with Crippen LogP contribution < -0.4 is 5.46 Å². The zero-order valence-corrected chi connectivity index (χ0v) is 12.1. The van der Waals surface area contributed by atoms with E-state index in [9.17, 15) is 0 Å². The van der Waals surface area contributed by atoms with Crippen molar-refractivity contribution in [2.45, 2.75) is 0 Å². The molecule has 3 aromatic carbocycles. The highest BCUT2D eigenvalue weighted by Gasteiger charge is 2.26. The molecule has 0 aromatic heterocycles. The second-order valence-corrected chi connectivity index (χ2v) is 5.92. The minimum atomic E-state index is 0.320. The van der Waals surface area contributed by atoms with Crippen molar-refractivity contribution < 1.29 is 0 Å². The van der Waals surface area contributed by atoms with E-state index >= 15 is 0 Å². The Morgan fingerprint density at radius 2 is 1.68 bits per heavy atom. The molecular formula is C20H14BN. The molecule has 102 valence electrons. The van der Waals surface area contributed by atoms with Crippen molar-refractivity contribution in [3.63, 3.8) is 0 Å². The highest BCUT2D eigenvalue weighted by Crippen LogP contribution is 2.28. The van der Waals surface area contributed by atoms with E-state index in [1.165, 1.54) is 32.6 Å². The molecule has 2 aliphatic heterocycles. The summed E-state index contributed by atoms with van der Waals surface area (Å²) in [5.74, 6) is 2.26. The molecule has 0 N–H and O–H groups in total. The number of benzene rings is 3. The van der Waals surface area contributed by atoms with Crippen LogP contribution >= 0.6 is 0 Å². The fourth-order valence-electron chi connectivity index (χ4n) is 3.57. The fraction of sp³-hybridized carbons (Fsp3) is 0. The average molecular weight is 279 g/mol. The van der Waals surface area contributed by atoms with E-state index < -0.39 is 0 Å². The van der Waals surface area contributed by atoms with E-state index in [4.69, 9.17) is 0 Å². The molecule has 0 amide bonds. The molecule has 0 spiro atoms. The van der Waals surface area contributed by atoms with Crippen molar-refractivity contribution in [2.75, 3.05) is 0 Å². The summed E-state index contributed by atoms with van der Waals surface area (Å²) in [6.07, 6.45) is 10.7. The molecule has 0 saturated carbocycles. The average Bonchev–Trinajstić information content (AvgIpc) is 2.60. The number of hydrogen-bond acceptors (Lipinski definition) is 1. The van der Waals surface area contributed by atoms with Gasteiger partial charge in [0.1, 0.15) is 0 Å². The Balaban J connectivity index is 1.83. The Morgan fingerprint density at radius 1 is 0.773 bits per heavy atom. The lowest BCUT2D eigenvalue weighted by molar-refractivity contribution is 0.797. The lowest BCUT2D eigenvalue weighted by Gasteiger charge is -2.29. The van der Waals surface area contributed by atoms with Gasteiger partial charge in [0.15, 0.2) is 0 Å². The molecule has 5 rings (SSSR count). The van der Waals surface area contributed by atoms with E-state index in [2.05, 4.69) is 89.9 Å². The van der Waals surface area contributed by atoms with Crippen LogP contribution in [-0.4, -0.2) is 11.7 Å². The Morgan fingerprint density at radius 3 is 2.68 bits per heavy atom. The molecule has 2 heterocycles. The third-order valence-corrected chi connectivity index (χ3v) is 4.68. The lowest BCUT2D eigenvalue weighted by atomic mass is 9.51. The summed E-state index contributed by atoms with van der Waals surface area (Å²) in [7, 11) is 0. The minimum absolute atomic E-state index is 0.320. The smallest absolute Gasteiger partial charge is 0.320 e. The lowest BCUT2D eigenvalue weighted by Crippen LogP contribution is -2.45. The third kappa shape index (κ3) is 1.61. The van der Waals surface area contributed by atoms with E-state index in [-0.39, 0.29) is 0 Å². The van der Waals surface area contributed by atoms with Crippen LogP contribution in [0.25, 0.3) is 27.6 Å². The van der Waals surface area contributed by atoms with Crippen LogP contribution in [0.3, 0.4) is 0 Å². The summed E-state index contributed by atoms with van der Waals surface area (Å²) < 4.78 is 0. The molecule has 2 heteroatoms. The Bertz CT molecular complexity index is 997. The molecule has 2 aliphatic rings. The van der Waals surface area contributed by atoms with Gasteiger partial charge in [-0.05, 0) is 63.2 Å². The van der Waals surface area contributed by atoms with Crippen molar-refractivity contribution in [3.05, 3.63) is 84.6 Å². The number of hydrogen-bond donors (Lipinski definition) is 0. The van der Waals surface area contributed by atoms with Gasteiger partial charge in [0.2, 0.25) is 0 Å². The number of fused-ring (bicyclic) bond motifs is 6. The van der Waals surface area contributed by atoms with Crippen LogP contribution in [0.4, 0.5) is 0 Å². The molecular weight excluding hydrogens is 265 g/mol. The number of allylic oxidation sites excluding steroid dienone is 2. The molecule has 0 bridgehead atoms. The second-order valence-electron chi connectivity index (χ2n) is 5.92. The van der Waals surface area contributed by atoms with Gasteiger partial charge in [0.05, 0.1) is 0 Å². The molecule has 1 nitrogen and oxygen atoms in total. The topological polar surface area (TPSA) is 3.24 Å². The molecule has 0 fully saturated rings.